The van der Waals surface area contributed by atoms with Crippen molar-refractivity contribution in [2.75, 3.05) is 17.1 Å². The quantitative estimate of drug-likeness (QED) is 0.813. The zero-order chi connectivity index (χ0) is 21.2. The van der Waals surface area contributed by atoms with Crippen molar-refractivity contribution >= 4 is 21.6 Å². The van der Waals surface area contributed by atoms with Gasteiger partial charge >= 0.3 is 6.18 Å². The van der Waals surface area contributed by atoms with E-state index in [0.717, 1.165) is 18.4 Å². The molecular formula is C19H19F3N2O4S. The summed E-state index contributed by atoms with van der Waals surface area (Å²) in [4.78, 5) is 12.5. The van der Waals surface area contributed by atoms with Crippen LogP contribution in [0.2, 0.25) is 0 Å². The largest absolute Gasteiger partial charge is 0.478 e. The molecule has 1 aliphatic rings. The van der Waals surface area contributed by atoms with Gasteiger partial charge in [-0.3, -0.25) is 9.10 Å². The van der Waals surface area contributed by atoms with Crippen molar-refractivity contribution in [2.45, 2.75) is 25.2 Å². The molecule has 156 valence electrons. The molecule has 0 aliphatic carbocycles. The van der Waals surface area contributed by atoms with Crippen LogP contribution in [0, 0.1) is 0 Å². The summed E-state index contributed by atoms with van der Waals surface area (Å²) in [7, 11) is -3.57. The molecular weight excluding hydrogens is 409 g/mol. The summed E-state index contributed by atoms with van der Waals surface area (Å²) >= 11 is 0. The number of fused-ring (bicyclic) bond motifs is 1. The van der Waals surface area contributed by atoms with Crippen molar-refractivity contribution in [3.8, 4) is 5.75 Å². The maximum atomic E-state index is 12.8. The molecule has 10 heteroatoms. The molecule has 2 aromatic rings. The molecule has 2 aromatic carbocycles. The summed E-state index contributed by atoms with van der Waals surface area (Å²) < 4.78 is 69.5. The highest BCUT2D eigenvalue weighted by Crippen LogP contribution is 2.34. The molecule has 1 N–H and O–H groups in total. The summed E-state index contributed by atoms with van der Waals surface area (Å²) in [5, 5.41) is 2.56. The number of rotatable bonds is 4. The van der Waals surface area contributed by atoms with Gasteiger partial charge in [0, 0.05) is 19.5 Å². The van der Waals surface area contributed by atoms with E-state index in [4.69, 9.17) is 4.74 Å². The topological polar surface area (TPSA) is 75.7 Å². The second kappa shape index (κ2) is 7.94. The molecule has 0 spiro atoms. The van der Waals surface area contributed by atoms with Crippen molar-refractivity contribution in [1.82, 2.24) is 5.32 Å². The van der Waals surface area contributed by atoms with E-state index in [1.54, 1.807) is 24.3 Å². The van der Waals surface area contributed by atoms with E-state index in [1.807, 2.05) is 0 Å². The van der Waals surface area contributed by atoms with Gasteiger partial charge in [0.2, 0.25) is 10.0 Å². The van der Waals surface area contributed by atoms with Crippen molar-refractivity contribution in [3.05, 3.63) is 59.7 Å². The highest BCUT2D eigenvalue weighted by Gasteiger charge is 2.32. The van der Waals surface area contributed by atoms with E-state index in [0.29, 0.717) is 11.3 Å². The monoisotopic (exact) mass is 428 g/mol. The van der Waals surface area contributed by atoms with Gasteiger partial charge in [-0.1, -0.05) is 24.3 Å². The van der Waals surface area contributed by atoms with E-state index in [1.165, 1.54) is 16.4 Å². The minimum atomic E-state index is -4.47. The first-order valence-electron chi connectivity index (χ1n) is 8.73. The maximum Gasteiger partial charge on any atom is 0.416 e. The van der Waals surface area contributed by atoms with E-state index in [9.17, 15) is 26.4 Å². The number of nitrogens with one attached hydrogen (secondary N) is 1. The molecule has 1 atom stereocenters. The van der Waals surface area contributed by atoms with Gasteiger partial charge in [0.05, 0.1) is 17.5 Å². The van der Waals surface area contributed by atoms with Crippen molar-refractivity contribution in [2.24, 2.45) is 0 Å². The van der Waals surface area contributed by atoms with E-state index >= 15 is 0 Å². The lowest BCUT2D eigenvalue weighted by molar-refractivity contribution is -0.137. The molecule has 29 heavy (non-hydrogen) atoms. The van der Waals surface area contributed by atoms with E-state index in [-0.39, 0.29) is 25.3 Å². The fourth-order valence-corrected chi connectivity index (χ4v) is 3.96. The van der Waals surface area contributed by atoms with Gasteiger partial charge in [0.25, 0.3) is 5.91 Å². The first kappa shape index (κ1) is 21.0. The molecule has 1 amide bonds. The molecule has 6 nitrogen and oxygen atoms in total. The van der Waals surface area contributed by atoms with Crippen LogP contribution >= 0.6 is 0 Å². The lowest BCUT2D eigenvalue weighted by atomic mass is 10.1. The molecule has 1 aliphatic heterocycles. The van der Waals surface area contributed by atoms with Gasteiger partial charge in [-0.05, 0) is 29.8 Å². The van der Waals surface area contributed by atoms with E-state index in [2.05, 4.69) is 5.32 Å². The number of benzene rings is 2. The zero-order valence-electron chi connectivity index (χ0n) is 15.4. The van der Waals surface area contributed by atoms with Gasteiger partial charge in [0.15, 0.2) is 6.10 Å². The minimum Gasteiger partial charge on any atom is -0.478 e. The lowest BCUT2D eigenvalue weighted by Crippen LogP contribution is -2.39. The van der Waals surface area contributed by atoms with Gasteiger partial charge < -0.3 is 10.1 Å². The zero-order valence-corrected chi connectivity index (χ0v) is 16.3. The Balaban J connectivity index is 1.73. The van der Waals surface area contributed by atoms with Crippen molar-refractivity contribution in [3.63, 3.8) is 0 Å². The van der Waals surface area contributed by atoms with Gasteiger partial charge in [-0.25, -0.2) is 8.42 Å². The van der Waals surface area contributed by atoms with Crippen LogP contribution < -0.4 is 14.4 Å². The Morgan fingerprint density at radius 3 is 2.62 bits per heavy atom. The number of sulfonamides is 1. The van der Waals surface area contributed by atoms with Crippen LogP contribution in [0.25, 0.3) is 0 Å². The Bertz CT molecular complexity index is 1010. The smallest absolute Gasteiger partial charge is 0.416 e. The fraction of sp³-hybridized carbons (Fsp3) is 0.316. The van der Waals surface area contributed by atoms with Crippen LogP contribution in [0.4, 0.5) is 18.9 Å². The number of alkyl halides is 3. The summed E-state index contributed by atoms with van der Waals surface area (Å²) in [6.07, 6.45) is -4.29. The fourth-order valence-electron chi connectivity index (χ4n) is 3.02. The van der Waals surface area contributed by atoms with Crippen LogP contribution in [-0.2, 0) is 27.5 Å². The van der Waals surface area contributed by atoms with Crippen LogP contribution in [0.1, 0.15) is 17.5 Å². The third kappa shape index (κ3) is 5.00. The molecule has 0 saturated heterocycles. The summed E-state index contributed by atoms with van der Waals surface area (Å²) in [6, 6.07) is 11.1. The number of anilines is 1. The number of hydrogen-bond acceptors (Lipinski definition) is 4. The second-order valence-corrected chi connectivity index (χ2v) is 8.52. The minimum absolute atomic E-state index is 0.0392. The molecule has 1 heterocycles. The molecule has 0 bridgehead atoms. The third-order valence-electron chi connectivity index (χ3n) is 4.41. The average Bonchev–Trinajstić information content (AvgIpc) is 2.85. The standard InChI is InChI=1S/C19H19F3N2O4S/c1-29(26,27)24-10-9-17(28-16-8-3-2-7-15(16)24)18(25)23-12-13-5-4-6-14(11-13)19(20,21)22/h2-8,11,17H,9-10,12H2,1H3,(H,23,25)/t17-/m1/s1. The Hall–Kier alpha value is -2.75. The summed E-state index contributed by atoms with van der Waals surface area (Å²) in [5.41, 5.74) is -0.171. The molecule has 0 aromatic heterocycles. The Morgan fingerprint density at radius 1 is 1.21 bits per heavy atom. The van der Waals surface area contributed by atoms with Crippen LogP contribution in [0.15, 0.2) is 48.5 Å². The molecule has 0 fully saturated rings. The van der Waals surface area contributed by atoms with Crippen molar-refractivity contribution in [1.29, 1.82) is 0 Å². The number of nitrogens with zero attached hydrogens (tertiary/aromatic N) is 1. The highest BCUT2D eigenvalue weighted by atomic mass is 32.2. The van der Waals surface area contributed by atoms with Gasteiger partial charge in [-0.15, -0.1) is 0 Å². The summed E-state index contributed by atoms with van der Waals surface area (Å²) in [6.45, 7) is -0.0719. The van der Waals surface area contributed by atoms with Crippen LogP contribution in [0.3, 0.4) is 0 Å². The molecule has 0 unspecified atom stereocenters. The SMILES string of the molecule is CS(=O)(=O)N1CC[C@H](C(=O)NCc2cccc(C(F)(F)F)c2)Oc2ccccc21. The predicted octanol–water partition coefficient (Wildman–Crippen LogP) is 2.94. The normalized spacial score (nSPS) is 17.1. The Kier molecular flexibility index (Phi) is 5.74. The van der Waals surface area contributed by atoms with Crippen LogP contribution in [-0.4, -0.2) is 33.2 Å². The number of carbonyl (C=O) groups excluding carboxylic acids is 1. The Labute approximate surface area is 166 Å². The number of amides is 1. The Morgan fingerprint density at radius 2 is 1.93 bits per heavy atom. The van der Waals surface area contributed by atoms with Gasteiger partial charge in [-0.2, -0.15) is 13.2 Å². The summed E-state index contributed by atoms with van der Waals surface area (Å²) in [5.74, 6) is -0.290. The number of carbonyl (C=O) groups is 1. The number of para-hydroxylation sites is 2. The van der Waals surface area contributed by atoms with Gasteiger partial charge in [0.1, 0.15) is 5.75 Å². The number of hydrogen-bond donors (Lipinski definition) is 1. The first-order valence-corrected chi connectivity index (χ1v) is 10.6. The molecule has 0 saturated carbocycles. The average molecular weight is 428 g/mol. The second-order valence-electron chi connectivity index (χ2n) is 6.61. The van der Waals surface area contributed by atoms with Crippen molar-refractivity contribution < 1.29 is 31.1 Å². The highest BCUT2D eigenvalue weighted by molar-refractivity contribution is 7.92. The maximum absolute atomic E-state index is 12.8. The van der Waals surface area contributed by atoms with E-state index < -0.39 is 33.8 Å². The molecule has 0 radical (unpaired) electrons. The number of ether oxygens (including phenoxy) is 1. The van der Waals surface area contributed by atoms with Crippen LogP contribution in [0.5, 0.6) is 5.75 Å². The predicted molar refractivity (Wildman–Crippen MR) is 101 cm³/mol. The third-order valence-corrected chi connectivity index (χ3v) is 5.59. The number of halogens is 3. The lowest BCUT2D eigenvalue weighted by Gasteiger charge is -2.20. The first-order chi connectivity index (χ1) is 13.6. The molecule has 3 rings (SSSR count).